The maximum atomic E-state index is 11.9. The summed E-state index contributed by atoms with van der Waals surface area (Å²) in [6.45, 7) is 1.23. The fourth-order valence-corrected chi connectivity index (χ4v) is 3.01. The van der Waals surface area contributed by atoms with Gasteiger partial charge in [-0.05, 0) is 30.7 Å². The van der Waals surface area contributed by atoms with Crippen molar-refractivity contribution in [2.45, 2.75) is 13.5 Å². The molecule has 0 amide bonds. The molecule has 1 aromatic heterocycles. The number of hydrogen-bond donors (Lipinski definition) is 1. The van der Waals surface area contributed by atoms with Gasteiger partial charge in [-0.15, -0.1) is 0 Å². The number of benzene rings is 2. The van der Waals surface area contributed by atoms with Gasteiger partial charge in [0.1, 0.15) is 6.54 Å². The highest BCUT2D eigenvalue weighted by Gasteiger charge is 2.13. The summed E-state index contributed by atoms with van der Waals surface area (Å²) in [6.07, 6.45) is 1.43. The van der Waals surface area contributed by atoms with Crippen LogP contribution in [0, 0.1) is 6.92 Å². The summed E-state index contributed by atoms with van der Waals surface area (Å²) >= 11 is 0. The lowest BCUT2D eigenvalue weighted by Crippen LogP contribution is -2.29. The highest BCUT2D eigenvalue weighted by Crippen LogP contribution is 2.17. The van der Waals surface area contributed by atoms with E-state index in [-0.39, 0.29) is 12.4 Å². The van der Waals surface area contributed by atoms with E-state index < -0.39 is 22.5 Å². The molecule has 0 aliphatic rings. The average molecular weight is 413 g/mol. The molecule has 0 unspecified atom stereocenters. The number of carbonyl (C=O) groups excluding carboxylic acids is 1. The second-order valence-electron chi connectivity index (χ2n) is 6.12. The van der Waals surface area contributed by atoms with Crippen LogP contribution >= 0.6 is 0 Å². The summed E-state index contributed by atoms with van der Waals surface area (Å²) in [7, 11) is -3.77. The fourth-order valence-electron chi connectivity index (χ4n) is 2.26. The molecule has 0 radical (unpaired) electrons. The fraction of sp³-hybridized carbons (Fsp3) is 0.150. The number of sulfonamides is 1. The molecule has 3 rings (SSSR count). The van der Waals surface area contributed by atoms with Gasteiger partial charge in [-0.1, -0.05) is 53.2 Å². The van der Waals surface area contributed by atoms with Crippen LogP contribution in [-0.2, 0) is 26.2 Å². The van der Waals surface area contributed by atoms with Crippen LogP contribution in [0.1, 0.15) is 17.0 Å². The third-order valence-electron chi connectivity index (χ3n) is 3.79. The second-order valence-corrected chi connectivity index (χ2v) is 7.77. The van der Waals surface area contributed by atoms with E-state index in [0.29, 0.717) is 5.89 Å². The molecule has 0 aliphatic heterocycles. The van der Waals surface area contributed by atoms with Gasteiger partial charge in [-0.25, -0.2) is 13.1 Å². The molecule has 150 valence electrons. The Morgan fingerprint density at radius 1 is 1.14 bits per heavy atom. The molecule has 1 heterocycles. The van der Waals surface area contributed by atoms with Crippen LogP contribution in [0.15, 0.2) is 64.5 Å². The number of nitrogens with one attached hydrogen (secondary N) is 1. The third-order valence-corrected chi connectivity index (χ3v) is 4.83. The van der Waals surface area contributed by atoms with E-state index in [0.717, 1.165) is 22.1 Å². The van der Waals surface area contributed by atoms with Crippen molar-refractivity contribution in [2.75, 3.05) is 6.54 Å². The number of carbonyl (C=O) groups is 1. The van der Waals surface area contributed by atoms with Crippen LogP contribution < -0.4 is 4.72 Å². The molecule has 0 saturated carbocycles. The number of aryl methyl sites for hydroxylation is 1. The first kappa shape index (κ1) is 20.4. The minimum atomic E-state index is -3.77. The van der Waals surface area contributed by atoms with Crippen molar-refractivity contribution in [2.24, 2.45) is 0 Å². The number of ether oxygens (including phenoxy) is 1. The molecule has 0 spiro atoms. The molecule has 0 fully saturated rings. The normalized spacial score (nSPS) is 11.6. The topological polar surface area (TPSA) is 111 Å². The number of aromatic nitrogens is 2. The summed E-state index contributed by atoms with van der Waals surface area (Å²) in [4.78, 5) is 15.9. The van der Waals surface area contributed by atoms with E-state index in [2.05, 4.69) is 14.9 Å². The van der Waals surface area contributed by atoms with Gasteiger partial charge in [0.2, 0.25) is 15.8 Å². The minimum absolute atomic E-state index is 0.181. The predicted molar refractivity (Wildman–Crippen MR) is 107 cm³/mol. The van der Waals surface area contributed by atoms with Crippen molar-refractivity contribution in [3.05, 3.63) is 77.0 Å². The Balaban J connectivity index is 1.47. The quantitative estimate of drug-likeness (QED) is 0.565. The monoisotopic (exact) mass is 413 g/mol. The Hall–Kier alpha value is -3.30. The predicted octanol–water partition coefficient (Wildman–Crippen LogP) is 2.68. The minimum Gasteiger partial charge on any atom is -0.456 e. The smallest absolute Gasteiger partial charge is 0.321 e. The SMILES string of the molecule is Cc1ccc(-c2nc(COC(=O)CNS(=O)(=O)/C=C/c3ccccc3)no2)cc1. The molecule has 0 bridgehead atoms. The van der Waals surface area contributed by atoms with E-state index in [1.165, 1.54) is 6.08 Å². The Kier molecular flexibility index (Phi) is 6.53. The number of esters is 1. The lowest BCUT2D eigenvalue weighted by atomic mass is 10.1. The van der Waals surface area contributed by atoms with Gasteiger partial charge in [0, 0.05) is 11.0 Å². The zero-order valence-electron chi connectivity index (χ0n) is 15.6. The zero-order chi connectivity index (χ0) is 20.7. The lowest BCUT2D eigenvalue weighted by Gasteiger charge is -2.03. The summed E-state index contributed by atoms with van der Waals surface area (Å²) < 4.78 is 36.1. The second kappa shape index (κ2) is 9.26. The van der Waals surface area contributed by atoms with E-state index >= 15 is 0 Å². The van der Waals surface area contributed by atoms with Crippen molar-refractivity contribution in [1.29, 1.82) is 0 Å². The molecule has 8 nitrogen and oxygen atoms in total. The van der Waals surface area contributed by atoms with Gasteiger partial charge < -0.3 is 9.26 Å². The molecule has 0 saturated heterocycles. The molecule has 29 heavy (non-hydrogen) atoms. The van der Waals surface area contributed by atoms with Crippen LogP contribution in [0.2, 0.25) is 0 Å². The van der Waals surface area contributed by atoms with Crippen molar-refractivity contribution in [3.63, 3.8) is 0 Å². The highest BCUT2D eigenvalue weighted by atomic mass is 32.2. The largest absolute Gasteiger partial charge is 0.456 e. The van der Waals surface area contributed by atoms with Gasteiger partial charge >= 0.3 is 5.97 Å². The van der Waals surface area contributed by atoms with E-state index in [1.807, 2.05) is 37.3 Å². The Bertz CT molecular complexity index is 1090. The first-order chi connectivity index (χ1) is 13.9. The van der Waals surface area contributed by atoms with Crippen molar-refractivity contribution < 1.29 is 22.5 Å². The van der Waals surface area contributed by atoms with Crippen LogP contribution in [0.4, 0.5) is 0 Å². The van der Waals surface area contributed by atoms with Crippen LogP contribution in [0.3, 0.4) is 0 Å². The van der Waals surface area contributed by atoms with Crippen molar-refractivity contribution in [1.82, 2.24) is 14.9 Å². The lowest BCUT2D eigenvalue weighted by molar-refractivity contribution is -0.143. The number of nitrogens with zero attached hydrogens (tertiary/aromatic N) is 2. The Labute approximate surface area is 168 Å². The zero-order valence-corrected chi connectivity index (χ0v) is 16.4. The highest BCUT2D eigenvalue weighted by molar-refractivity contribution is 7.92. The Morgan fingerprint density at radius 2 is 1.86 bits per heavy atom. The molecular formula is C20H19N3O5S. The van der Waals surface area contributed by atoms with E-state index in [1.54, 1.807) is 24.3 Å². The summed E-state index contributed by atoms with van der Waals surface area (Å²) in [5.74, 6) is -0.271. The van der Waals surface area contributed by atoms with Gasteiger partial charge in [-0.2, -0.15) is 4.98 Å². The summed E-state index contributed by atoms with van der Waals surface area (Å²) in [6, 6.07) is 16.4. The standard InChI is InChI=1S/C20H19N3O5S/c1-15-7-9-17(10-8-15)20-22-18(23-28-20)14-27-19(24)13-21-29(25,26)12-11-16-5-3-2-4-6-16/h2-12,21H,13-14H2,1H3/b12-11+. The average Bonchev–Trinajstić information content (AvgIpc) is 3.20. The molecule has 0 atom stereocenters. The number of rotatable bonds is 8. The van der Waals surface area contributed by atoms with Crippen LogP contribution in [-0.4, -0.2) is 31.1 Å². The van der Waals surface area contributed by atoms with Gasteiger partial charge in [0.15, 0.2) is 6.61 Å². The number of hydrogen-bond acceptors (Lipinski definition) is 7. The van der Waals surface area contributed by atoms with Gasteiger partial charge in [0.05, 0.1) is 0 Å². The van der Waals surface area contributed by atoms with Crippen LogP contribution in [0.25, 0.3) is 17.5 Å². The third kappa shape index (κ3) is 6.37. The van der Waals surface area contributed by atoms with Crippen molar-refractivity contribution in [3.8, 4) is 11.5 Å². The van der Waals surface area contributed by atoms with Gasteiger partial charge in [-0.3, -0.25) is 4.79 Å². The van der Waals surface area contributed by atoms with Gasteiger partial charge in [0.25, 0.3) is 5.89 Å². The molecule has 0 aliphatic carbocycles. The van der Waals surface area contributed by atoms with E-state index in [4.69, 9.17) is 9.26 Å². The summed E-state index contributed by atoms with van der Waals surface area (Å²) in [5, 5.41) is 4.73. The molecule has 2 aromatic carbocycles. The Morgan fingerprint density at radius 3 is 2.59 bits per heavy atom. The summed E-state index contributed by atoms with van der Waals surface area (Å²) in [5.41, 5.74) is 2.57. The maximum absolute atomic E-state index is 11.9. The first-order valence-corrected chi connectivity index (χ1v) is 10.2. The molecular weight excluding hydrogens is 394 g/mol. The van der Waals surface area contributed by atoms with E-state index in [9.17, 15) is 13.2 Å². The van der Waals surface area contributed by atoms with Crippen molar-refractivity contribution >= 4 is 22.1 Å². The maximum Gasteiger partial charge on any atom is 0.321 e. The molecule has 3 aromatic rings. The molecule has 9 heteroatoms. The first-order valence-electron chi connectivity index (χ1n) is 8.69. The van der Waals surface area contributed by atoms with Crippen LogP contribution in [0.5, 0.6) is 0 Å². The molecule has 1 N–H and O–H groups in total.